The first kappa shape index (κ1) is 25.5. The summed E-state index contributed by atoms with van der Waals surface area (Å²) in [6.45, 7) is 7.46. The Morgan fingerprint density at radius 3 is 2.51 bits per heavy atom. The number of ether oxygens (including phenoxy) is 1. The molecule has 9 heteroatoms. The maximum atomic E-state index is 13.1. The third-order valence-electron chi connectivity index (χ3n) is 7.03. The highest BCUT2D eigenvalue weighted by Gasteiger charge is 2.21. The third kappa shape index (κ3) is 5.59. The van der Waals surface area contributed by atoms with Crippen LogP contribution in [-0.4, -0.2) is 45.6 Å². The van der Waals surface area contributed by atoms with Gasteiger partial charge in [0.2, 0.25) is 0 Å². The quantitative estimate of drug-likeness (QED) is 0.269. The number of carbonyl (C=O) groups is 1. The molecule has 0 radical (unpaired) electrons. The standard InChI is InChI=1S/C28H29Cl2N5O2/c1-3-35-12-10-19(11-13-35)18-4-6-20(7-5-18)32-28(36)27-22-14-21(8-9-25(22)33-34-27)37-17(2)26-23(29)15-31-16-24(26)30/h4-9,14-17,19H,3,10-13H2,1-2H3,(H,32,36)(H,33,34). The molecule has 0 saturated carbocycles. The van der Waals surface area contributed by atoms with Crippen molar-refractivity contribution in [2.45, 2.75) is 38.7 Å². The number of amides is 1. The van der Waals surface area contributed by atoms with Gasteiger partial charge in [-0.1, -0.05) is 42.3 Å². The summed E-state index contributed by atoms with van der Waals surface area (Å²) in [5.41, 5.74) is 3.74. The minimum Gasteiger partial charge on any atom is -0.486 e. The lowest BCUT2D eigenvalue weighted by molar-refractivity contribution is 0.102. The van der Waals surface area contributed by atoms with Crippen molar-refractivity contribution in [2.75, 3.05) is 25.0 Å². The maximum absolute atomic E-state index is 13.1. The molecular formula is C28H29Cl2N5O2. The molecule has 37 heavy (non-hydrogen) atoms. The highest BCUT2D eigenvalue weighted by atomic mass is 35.5. The molecule has 5 rings (SSSR count). The van der Waals surface area contributed by atoms with Crippen LogP contribution in [0.25, 0.3) is 10.9 Å². The van der Waals surface area contributed by atoms with Gasteiger partial charge in [-0.3, -0.25) is 14.9 Å². The number of piperidine rings is 1. The lowest BCUT2D eigenvalue weighted by Crippen LogP contribution is -2.32. The molecule has 0 spiro atoms. The number of nitrogens with one attached hydrogen (secondary N) is 2. The van der Waals surface area contributed by atoms with Crippen LogP contribution in [0.15, 0.2) is 54.9 Å². The Balaban J connectivity index is 1.29. The number of likely N-dealkylation sites (tertiary alicyclic amines) is 1. The largest absolute Gasteiger partial charge is 0.486 e. The Bertz CT molecular complexity index is 1380. The number of halogens is 2. The number of rotatable bonds is 7. The fraction of sp³-hybridized carbons (Fsp3) is 0.321. The van der Waals surface area contributed by atoms with Crippen molar-refractivity contribution in [3.8, 4) is 5.75 Å². The molecule has 0 bridgehead atoms. The first-order valence-electron chi connectivity index (χ1n) is 12.5. The first-order valence-corrected chi connectivity index (χ1v) is 13.3. The molecule has 1 unspecified atom stereocenters. The van der Waals surface area contributed by atoms with Crippen molar-refractivity contribution < 1.29 is 9.53 Å². The predicted octanol–water partition coefficient (Wildman–Crippen LogP) is 6.86. The van der Waals surface area contributed by atoms with Crippen molar-refractivity contribution in [1.29, 1.82) is 0 Å². The Morgan fingerprint density at radius 1 is 1.14 bits per heavy atom. The molecule has 1 amide bonds. The van der Waals surface area contributed by atoms with Gasteiger partial charge in [-0.05, 0) is 81.2 Å². The highest BCUT2D eigenvalue weighted by Crippen LogP contribution is 2.34. The summed E-state index contributed by atoms with van der Waals surface area (Å²) in [7, 11) is 0. The zero-order chi connectivity index (χ0) is 25.9. The van der Waals surface area contributed by atoms with Gasteiger partial charge in [0.25, 0.3) is 5.91 Å². The van der Waals surface area contributed by atoms with Crippen LogP contribution in [0.5, 0.6) is 5.75 Å². The van der Waals surface area contributed by atoms with Crippen LogP contribution >= 0.6 is 23.2 Å². The van der Waals surface area contributed by atoms with E-state index in [1.165, 1.54) is 30.8 Å². The van der Waals surface area contributed by atoms with E-state index in [1.807, 2.05) is 31.2 Å². The number of aromatic nitrogens is 3. The molecule has 2 aromatic heterocycles. The van der Waals surface area contributed by atoms with Gasteiger partial charge in [-0.25, -0.2) is 0 Å². The van der Waals surface area contributed by atoms with E-state index >= 15 is 0 Å². The number of benzene rings is 2. The van der Waals surface area contributed by atoms with Crippen LogP contribution in [0, 0.1) is 0 Å². The van der Waals surface area contributed by atoms with Gasteiger partial charge in [0.05, 0.1) is 15.6 Å². The second-order valence-corrected chi connectivity index (χ2v) is 10.2. The zero-order valence-corrected chi connectivity index (χ0v) is 22.3. The van der Waals surface area contributed by atoms with Crippen LogP contribution in [-0.2, 0) is 0 Å². The number of nitrogens with zero attached hydrogens (tertiary/aromatic N) is 3. The Morgan fingerprint density at radius 2 is 1.84 bits per heavy atom. The summed E-state index contributed by atoms with van der Waals surface area (Å²) in [5, 5.41) is 11.7. The van der Waals surface area contributed by atoms with Crippen LogP contribution < -0.4 is 10.1 Å². The smallest absolute Gasteiger partial charge is 0.276 e. The fourth-order valence-corrected chi connectivity index (χ4v) is 5.60. The number of pyridine rings is 1. The van der Waals surface area contributed by atoms with Crippen LogP contribution in [0.4, 0.5) is 5.69 Å². The number of anilines is 1. The van der Waals surface area contributed by atoms with Crippen molar-refractivity contribution in [3.63, 3.8) is 0 Å². The van der Waals surface area contributed by atoms with Crippen LogP contribution in [0.1, 0.15) is 60.3 Å². The number of carbonyl (C=O) groups excluding carboxylic acids is 1. The number of aromatic amines is 1. The van der Waals surface area contributed by atoms with E-state index in [-0.39, 0.29) is 5.91 Å². The van der Waals surface area contributed by atoms with E-state index in [9.17, 15) is 4.79 Å². The van der Waals surface area contributed by atoms with Gasteiger partial charge in [0.1, 0.15) is 11.9 Å². The Kier molecular flexibility index (Phi) is 7.65. The Labute approximate surface area is 226 Å². The van der Waals surface area contributed by atoms with Gasteiger partial charge < -0.3 is 15.0 Å². The molecule has 4 aromatic rings. The predicted molar refractivity (Wildman–Crippen MR) is 148 cm³/mol. The summed E-state index contributed by atoms with van der Waals surface area (Å²) in [6, 6.07) is 13.6. The monoisotopic (exact) mass is 537 g/mol. The van der Waals surface area contributed by atoms with E-state index < -0.39 is 6.10 Å². The van der Waals surface area contributed by atoms with Gasteiger partial charge >= 0.3 is 0 Å². The first-order chi connectivity index (χ1) is 17.9. The van der Waals surface area contributed by atoms with Crippen molar-refractivity contribution in [2.24, 2.45) is 0 Å². The summed E-state index contributed by atoms with van der Waals surface area (Å²) >= 11 is 12.6. The van der Waals surface area contributed by atoms with Crippen LogP contribution in [0.3, 0.4) is 0 Å². The topological polar surface area (TPSA) is 83.1 Å². The van der Waals surface area contributed by atoms with Crippen molar-refractivity contribution in [1.82, 2.24) is 20.1 Å². The lowest BCUT2D eigenvalue weighted by Gasteiger charge is -2.31. The SMILES string of the molecule is CCN1CCC(c2ccc(NC(=O)c3n[nH]c4ccc(OC(C)c5c(Cl)cncc5Cl)cc34)cc2)CC1. The van der Waals surface area contributed by atoms with E-state index in [1.54, 1.807) is 6.07 Å². The maximum Gasteiger partial charge on any atom is 0.276 e. The number of hydrogen-bond acceptors (Lipinski definition) is 5. The summed E-state index contributed by atoms with van der Waals surface area (Å²) in [4.78, 5) is 19.6. The molecule has 1 aliphatic rings. The van der Waals surface area contributed by atoms with Gasteiger partial charge in [0, 0.05) is 29.0 Å². The third-order valence-corrected chi connectivity index (χ3v) is 7.64. The summed E-state index contributed by atoms with van der Waals surface area (Å²) in [6.07, 6.45) is 4.98. The number of fused-ring (bicyclic) bond motifs is 1. The van der Waals surface area contributed by atoms with Gasteiger partial charge in [0.15, 0.2) is 5.69 Å². The Hall–Kier alpha value is -3.13. The van der Waals surface area contributed by atoms with E-state index in [0.717, 1.165) is 30.8 Å². The zero-order valence-electron chi connectivity index (χ0n) is 20.8. The highest BCUT2D eigenvalue weighted by molar-refractivity contribution is 6.35. The summed E-state index contributed by atoms with van der Waals surface area (Å²) < 4.78 is 6.10. The number of H-pyrrole nitrogens is 1. The van der Waals surface area contributed by atoms with Crippen molar-refractivity contribution >= 4 is 45.7 Å². The molecule has 192 valence electrons. The molecule has 1 fully saturated rings. The molecule has 1 atom stereocenters. The second kappa shape index (κ2) is 11.1. The lowest BCUT2D eigenvalue weighted by atomic mass is 9.89. The summed E-state index contributed by atoms with van der Waals surface area (Å²) in [5.74, 6) is 0.846. The van der Waals surface area contributed by atoms with Crippen molar-refractivity contribution in [3.05, 3.63) is 81.7 Å². The molecule has 1 saturated heterocycles. The van der Waals surface area contributed by atoms with E-state index in [2.05, 4.69) is 44.5 Å². The molecule has 7 nitrogen and oxygen atoms in total. The average molecular weight is 538 g/mol. The molecule has 0 aliphatic carbocycles. The fourth-order valence-electron chi connectivity index (χ4n) is 4.92. The van der Waals surface area contributed by atoms with E-state index in [0.29, 0.717) is 38.4 Å². The minimum absolute atomic E-state index is 0.291. The second-order valence-electron chi connectivity index (χ2n) is 9.34. The molecular weight excluding hydrogens is 509 g/mol. The normalized spacial score (nSPS) is 15.6. The van der Waals surface area contributed by atoms with Gasteiger partial charge in [-0.2, -0.15) is 5.10 Å². The molecule has 2 aromatic carbocycles. The average Bonchev–Trinajstić information content (AvgIpc) is 3.32. The molecule has 2 N–H and O–H groups in total. The van der Waals surface area contributed by atoms with Gasteiger partial charge in [-0.15, -0.1) is 0 Å². The molecule has 1 aliphatic heterocycles. The van der Waals surface area contributed by atoms with E-state index in [4.69, 9.17) is 27.9 Å². The minimum atomic E-state index is -0.419. The number of hydrogen-bond donors (Lipinski definition) is 2. The van der Waals surface area contributed by atoms with Crippen LogP contribution in [0.2, 0.25) is 10.0 Å². The molecule has 3 heterocycles.